The van der Waals surface area contributed by atoms with Crippen LogP contribution in [0.5, 0.6) is 0 Å². The van der Waals surface area contributed by atoms with Gasteiger partial charge in [0, 0.05) is 26.3 Å². The van der Waals surface area contributed by atoms with Gasteiger partial charge in [-0.05, 0) is 30.3 Å². The van der Waals surface area contributed by atoms with E-state index in [2.05, 4.69) is 15.9 Å². The van der Waals surface area contributed by atoms with E-state index < -0.39 is 0 Å². The third-order valence-corrected chi connectivity index (χ3v) is 3.08. The molecule has 86 valence electrons. The van der Waals surface area contributed by atoms with Gasteiger partial charge < -0.3 is 5.73 Å². The summed E-state index contributed by atoms with van der Waals surface area (Å²) in [7, 11) is 0. The van der Waals surface area contributed by atoms with E-state index in [0.717, 1.165) is 4.47 Å². The monoisotopic (exact) mass is 309 g/mol. The fraction of sp³-hybridized carbons (Fsp3) is 0. The van der Waals surface area contributed by atoms with E-state index in [4.69, 9.17) is 17.3 Å². The second kappa shape index (κ2) is 4.90. The molecule has 0 aliphatic carbocycles. The summed E-state index contributed by atoms with van der Waals surface area (Å²) < 4.78 is 0.817. The largest absolute Gasteiger partial charge is 0.398 e. The number of nitrogen functional groups attached to an aromatic ring is 1. The first-order valence-electron chi connectivity index (χ1n) is 4.93. The highest BCUT2D eigenvalue weighted by molar-refractivity contribution is 9.10. The van der Waals surface area contributed by atoms with Crippen LogP contribution in [0.2, 0.25) is 5.02 Å². The number of ketones is 1. The molecule has 0 aliphatic heterocycles. The average molecular weight is 311 g/mol. The van der Waals surface area contributed by atoms with Crippen molar-refractivity contribution < 1.29 is 4.79 Å². The minimum atomic E-state index is -0.133. The molecule has 0 unspecified atom stereocenters. The van der Waals surface area contributed by atoms with Gasteiger partial charge in [-0.3, -0.25) is 4.79 Å². The Labute approximate surface area is 113 Å². The Kier molecular flexibility index (Phi) is 3.50. The number of anilines is 1. The fourth-order valence-corrected chi connectivity index (χ4v) is 2.06. The number of carbonyl (C=O) groups is 1. The lowest BCUT2D eigenvalue weighted by Crippen LogP contribution is -2.05. The van der Waals surface area contributed by atoms with E-state index in [-0.39, 0.29) is 5.78 Å². The van der Waals surface area contributed by atoms with Crippen molar-refractivity contribution >= 4 is 39.0 Å². The highest BCUT2D eigenvalue weighted by Gasteiger charge is 2.12. The van der Waals surface area contributed by atoms with E-state index in [0.29, 0.717) is 21.8 Å². The van der Waals surface area contributed by atoms with Crippen molar-refractivity contribution in [1.29, 1.82) is 0 Å². The first-order valence-corrected chi connectivity index (χ1v) is 6.10. The van der Waals surface area contributed by atoms with Crippen LogP contribution in [0.1, 0.15) is 15.9 Å². The van der Waals surface area contributed by atoms with Crippen molar-refractivity contribution in [3.05, 3.63) is 63.1 Å². The van der Waals surface area contributed by atoms with Crippen LogP contribution < -0.4 is 5.73 Å². The highest BCUT2D eigenvalue weighted by Crippen LogP contribution is 2.22. The minimum absolute atomic E-state index is 0.133. The zero-order valence-corrected chi connectivity index (χ0v) is 11.1. The van der Waals surface area contributed by atoms with Gasteiger partial charge in [-0.1, -0.05) is 39.7 Å². The molecule has 0 heterocycles. The van der Waals surface area contributed by atoms with Crippen LogP contribution in [0, 0.1) is 0 Å². The maximum Gasteiger partial charge on any atom is 0.195 e. The molecule has 2 aromatic rings. The van der Waals surface area contributed by atoms with Crippen LogP contribution in [0.25, 0.3) is 0 Å². The third-order valence-electron chi connectivity index (χ3n) is 2.35. The van der Waals surface area contributed by atoms with Gasteiger partial charge in [-0.15, -0.1) is 0 Å². The molecule has 2 aromatic carbocycles. The molecule has 0 fully saturated rings. The first kappa shape index (κ1) is 12.1. The standard InChI is InChI=1S/C13H9BrClNO/c14-9-4-5-12(16)11(7-9)13(17)8-2-1-3-10(15)6-8/h1-7H,16H2. The molecule has 4 heteroatoms. The summed E-state index contributed by atoms with van der Waals surface area (Å²) in [4.78, 5) is 12.2. The number of rotatable bonds is 2. The van der Waals surface area contributed by atoms with Gasteiger partial charge in [-0.25, -0.2) is 0 Å². The molecule has 0 amide bonds. The highest BCUT2D eigenvalue weighted by atomic mass is 79.9. The van der Waals surface area contributed by atoms with Crippen LogP contribution in [0.3, 0.4) is 0 Å². The fourth-order valence-electron chi connectivity index (χ4n) is 1.51. The second-order valence-electron chi connectivity index (χ2n) is 3.57. The first-order chi connectivity index (χ1) is 8.08. The van der Waals surface area contributed by atoms with Gasteiger partial charge in [-0.2, -0.15) is 0 Å². The van der Waals surface area contributed by atoms with Gasteiger partial charge >= 0.3 is 0 Å². The van der Waals surface area contributed by atoms with Gasteiger partial charge in [0.1, 0.15) is 0 Å². The number of nitrogens with two attached hydrogens (primary N) is 1. The van der Waals surface area contributed by atoms with Crippen molar-refractivity contribution in [2.24, 2.45) is 0 Å². The van der Waals surface area contributed by atoms with Gasteiger partial charge in [0.15, 0.2) is 5.78 Å². The quantitative estimate of drug-likeness (QED) is 0.675. The van der Waals surface area contributed by atoms with Crippen molar-refractivity contribution in [3.63, 3.8) is 0 Å². The number of carbonyl (C=O) groups excluding carboxylic acids is 1. The molecule has 0 saturated carbocycles. The topological polar surface area (TPSA) is 43.1 Å². The number of halogens is 2. The molecule has 0 aromatic heterocycles. The lowest BCUT2D eigenvalue weighted by atomic mass is 10.0. The average Bonchev–Trinajstić information content (AvgIpc) is 2.31. The van der Waals surface area contributed by atoms with Gasteiger partial charge in [0.05, 0.1) is 0 Å². The van der Waals surface area contributed by atoms with Crippen LogP contribution in [-0.4, -0.2) is 5.78 Å². The number of hydrogen-bond acceptors (Lipinski definition) is 2. The van der Waals surface area contributed by atoms with Crippen molar-refractivity contribution in [2.75, 3.05) is 5.73 Å². The Bertz CT molecular complexity index is 583. The normalized spacial score (nSPS) is 10.2. The molecule has 0 radical (unpaired) electrons. The van der Waals surface area contributed by atoms with Crippen molar-refractivity contribution in [1.82, 2.24) is 0 Å². The predicted molar refractivity (Wildman–Crippen MR) is 73.4 cm³/mol. The van der Waals surface area contributed by atoms with Gasteiger partial charge in [0.25, 0.3) is 0 Å². The summed E-state index contributed by atoms with van der Waals surface area (Å²) >= 11 is 9.17. The predicted octanol–water partition coefficient (Wildman–Crippen LogP) is 3.92. The zero-order valence-electron chi connectivity index (χ0n) is 8.78. The van der Waals surface area contributed by atoms with Crippen molar-refractivity contribution in [3.8, 4) is 0 Å². The molecular formula is C13H9BrClNO. The molecule has 0 atom stereocenters. The molecule has 0 aliphatic rings. The second-order valence-corrected chi connectivity index (χ2v) is 4.92. The molecule has 2 N–H and O–H groups in total. The lowest BCUT2D eigenvalue weighted by molar-refractivity contribution is 0.103. The van der Waals surface area contributed by atoms with Crippen LogP contribution in [0.4, 0.5) is 5.69 Å². The van der Waals surface area contributed by atoms with Gasteiger partial charge in [0.2, 0.25) is 0 Å². The van der Waals surface area contributed by atoms with Crippen molar-refractivity contribution in [2.45, 2.75) is 0 Å². The SMILES string of the molecule is Nc1ccc(Br)cc1C(=O)c1cccc(Cl)c1. The summed E-state index contributed by atoms with van der Waals surface area (Å²) in [6.07, 6.45) is 0. The molecular weight excluding hydrogens is 302 g/mol. The smallest absolute Gasteiger partial charge is 0.195 e. The summed E-state index contributed by atoms with van der Waals surface area (Å²) in [5.41, 5.74) is 7.25. The maximum absolute atomic E-state index is 12.2. The van der Waals surface area contributed by atoms with E-state index >= 15 is 0 Å². The van der Waals surface area contributed by atoms with E-state index in [9.17, 15) is 4.79 Å². The lowest BCUT2D eigenvalue weighted by Gasteiger charge is -2.05. The summed E-state index contributed by atoms with van der Waals surface area (Å²) in [5, 5.41) is 0.532. The summed E-state index contributed by atoms with van der Waals surface area (Å²) in [5.74, 6) is -0.133. The molecule has 2 nitrogen and oxygen atoms in total. The van der Waals surface area contributed by atoms with Crippen LogP contribution in [0.15, 0.2) is 46.9 Å². The number of hydrogen-bond donors (Lipinski definition) is 1. The molecule has 0 spiro atoms. The summed E-state index contributed by atoms with van der Waals surface area (Å²) in [6, 6.07) is 12.0. The Morgan fingerprint density at radius 1 is 1.18 bits per heavy atom. The Morgan fingerprint density at radius 2 is 1.94 bits per heavy atom. The Morgan fingerprint density at radius 3 is 2.65 bits per heavy atom. The van der Waals surface area contributed by atoms with E-state index in [1.807, 2.05) is 0 Å². The summed E-state index contributed by atoms with van der Waals surface area (Å²) in [6.45, 7) is 0. The third kappa shape index (κ3) is 2.68. The number of benzene rings is 2. The zero-order chi connectivity index (χ0) is 12.4. The maximum atomic E-state index is 12.2. The molecule has 0 saturated heterocycles. The van der Waals surface area contributed by atoms with E-state index in [1.165, 1.54) is 0 Å². The van der Waals surface area contributed by atoms with E-state index in [1.54, 1.807) is 42.5 Å². The minimum Gasteiger partial charge on any atom is -0.398 e. The molecule has 2 rings (SSSR count). The van der Waals surface area contributed by atoms with Crippen LogP contribution >= 0.6 is 27.5 Å². The molecule has 17 heavy (non-hydrogen) atoms. The van der Waals surface area contributed by atoms with Crippen LogP contribution in [-0.2, 0) is 0 Å². The Balaban J connectivity index is 2.47. The molecule has 0 bridgehead atoms. The Hall–Kier alpha value is -1.32.